The van der Waals surface area contributed by atoms with Crippen LogP contribution in [0.25, 0.3) is 0 Å². The van der Waals surface area contributed by atoms with Crippen molar-refractivity contribution in [2.45, 2.75) is 38.4 Å². The average Bonchev–Trinajstić information content (AvgIpc) is 2.80. The quantitative estimate of drug-likeness (QED) is 0.836. The van der Waals surface area contributed by atoms with E-state index in [1.54, 1.807) is 0 Å². The monoisotopic (exact) mass is 276 g/mol. The van der Waals surface area contributed by atoms with E-state index in [1.807, 2.05) is 12.1 Å². The second-order valence-corrected chi connectivity index (χ2v) is 5.57. The van der Waals surface area contributed by atoms with Gasteiger partial charge in [0.25, 0.3) is 0 Å². The van der Waals surface area contributed by atoms with E-state index in [2.05, 4.69) is 9.88 Å². The summed E-state index contributed by atoms with van der Waals surface area (Å²) in [7, 11) is 0. The number of esters is 1. The molecule has 0 spiro atoms. The summed E-state index contributed by atoms with van der Waals surface area (Å²) in [6.45, 7) is 3.17. The van der Waals surface area contributed by atoms with Crippen LogP contribution in [-0.2, 0) is 17.8 Å². The van der Waals surface area contributed by atoms with Gasteiger partial charge in [0.2, 0.25) is 0 Å². The Morgan fingerprint density at radius 3 is 3.20 bits per heavy atom. The lowest BCUT2D eigenvalue weighted by molar-refractivity contribution is 0.0533. The maximum atomic E-state index is 11.3. The summed E-state index contributed by atoms with van der Waals surface area (Å²) in [6.07, 6.45) is 3.76. The Labute approximate surface area is 118 Å². The molecule has 1 aromatic heterocycles. The van der Waals surface area contributed by atoms with Crippen molar-refractivity contribution in [3.05, 3.63) is 29.1 Å². The minimum atomic E-state index is -0.263. The van der Waals surface area contributed by atoms with Gasteiger partial charge in [-0.1, -0.05) is 0 Å². The van der Waals surface area contributed by atoms with E-state index in [-0.39, 0.29) is 12.1 Å². The number of aryl methyl sites for hydroxylation is 1. The first-order valence-electron chi connectivity index (χ1n) is 7.29. The molecular formula is C15H20N2O3. The number of hydrogen-bond donors (Lipinski definition) is 1. The van der Waals surface area contributed by atoms with Crippen molar-refractivity contribution in [1.82, 2.24) is 9.88 Å². The number of aliphatic hydroxyl groups is 1. The molecule has 1 N–H and O–H groups in total. The molecule has 0 amide bonds. The van der Waals surface area contributed by atoms with E-state index < -0.39 is 0 Å². The van der Waals surface area contributed by atoms with E-state index in [0.29, 0.717) is 12.2 Å². The zero-order valence-electron chi connectivity index (χ0n) is 11.5. The number of cyclic esters (lactones) is 1. The molecule has 2 aliphatic rings. The van der Waals surface area contributed by atoms with Crippen molar-refractivity contribution < 1.29 is 14.6 Å². The molecule has 3 heterocycles. The van der Waals surface area contributed by atoms with Crippen molar-refractivity contribution in [2.75, 3.05) is 19.6 Å². The molecule has 3 rings (SSSR count). The fraction of sp³-hybridized carbons (Fsp3) is 0.600. The van der Waals surface area contributed by atoms with Crippen molar-refractivity contribution in [1.29, 1.82) is 0 Å². The largest absolute Gasteiger partial charge is 0.456 e. The minimum Gasteiger partial charge on any atom is -0.456 e. The van der Waals surface area contributed by atoms with Gasteiger partial charge in [0.1, 0.15) is 6.61 Å². The molecule has 1 fully saturated rings. The van der Waals surface area contributed by atoms with Gasteiger partial charge in [-0.25, -0.2) is 4.79 Å². The third-order valence-corrected chi connectivity index (χ3v) is 3.98. The van der Waals surface area contributed by atoms with Gasteiger partial charge in [-0.3, -0.25) is 4.98 Å². The standard InChI is InChI=1S/C15H20N2O3/c18-12-4-2-8-17(9-12)7-1-3-11-5-6-13-14(16-11)10-20-15(13)19/h5-6,12,18H,1-4,7-10H2. The lowest BCUT2D eigenvalue weighted by Gasteiger charge is -2.29. The van der Waals surface area contributed by atoms with Crippen molar-refractivity contribution >= 4 is 5.97 Å². The van der Waals surface area contributed by atoms with Crippen LogP contribution in [0.3, 0.4) is 0 Å². The van der Waals surface area contributed by atoms with Crippen LogP contribution in [0.2, 0.25) is 0 Å². The fourth-order valence-corrected chi connectivity index (χ4v) is 2.91. The number of β-amino-alcohol motifs (C(OH)–C–C–N with tert-alkyl or cyclic N) is 1. The second-order valence-electron chi connectivity index (χ2n) is 5.57. The van der Waals surface area contributed by atoms with Crippen LogP contribution in [0, 0.1) is 0 Å². The number of hydrogen-bond acceptors (Lipinski definition) is 5. The van der Waals surface area contributed by atoms with Crippen LogP contribution in [0.15, 0.2) is 12.1 Å². The Kier molecular flexibility index (Phi) is 3.98. The number of nitrogens with zero attached hydrogens (tertiary/aromatic N) is 2. The molecule has 1 atom stereocenters. The Morgan fingerprint density at radius 2 is 2.35 bits per heavy atom. The van der Waals surface area contributed by atoms with Crippen LogP contribution in [-0.4, -0.2) is 46.7 Å². The minimum absolute atomic E-state index is 0.162. The van der Waals surface area contributed by atoms with E-state index in [4.69, 9.17) is 4.74 Å². The molecule has 1 aromatic rings. The van der Waals surface area contributed by atoms with Gasteiger partial charge in [-0.2, -0.15) is 0 Å². The van der Waals surface area contributed by atoms with Gasteiger partial charge < -0.3 is 14.7 Å². The molecule has 108 valence electrons. The van der Waals surface area contributed by atoms with Gasteiger partial charge in [0.15, 0.2) is 0 Å². The third-order valence-electron chi connectivity index (χ3n) is 3.98. The van der Waals surface area contributed by atoms with Crippen molar-refractivity contribution in [3.63, 3.8) is 0 Å². The number of piperidine rings is 1. The molecule has 1 saturated heterocycles. The van der Waals surface area contributed by atoms with Gasteiger partial charge in [0, 0.05) is 12.2 Å². The van der Waals surface area contributed by atoms with Crippen LogP contribution in [0.5, 0.6) is 0 Å². The summed E-state index contributed by atoms with van der Waals surface area (Å²) in [5.74, 6) is -0.263. The average molecular weight is 276 g/mol. The van der Waals surface area contributed by atoms with E-state index >= 15 is 0 Å². The molecule has 0 bridgehead atoms. The number of rotatable bonds is 4. The van der Waals surface area contributed by atoms with Crippen LogP contribution < -0.4 is 0 Å². The SMILES string of the molecule is O=C1OCc2nc(CCCN3CCCC(O)C3)ccc21. The highest BCUT2D eigenvalue weighted by Crippen LogP contribution is 2.18. The number of carbonyl (C=O) groups excluding carboxylic acids is 1. The first kappa shape index (κ1) is 13.5. The van der Waals surface area contributed by atoms with Gasteiger partial charge in [0.05, 0.1) is 17.4 Å². The highest BCUT2D eigenvalue weighted by atomic mass is 16.5. The number of fused-ring (bicyclic) bond motifs is 1. The Hall–Kier alpha value is -1.46. The molecule has 0 aliphatic carbocycles. The number of carbonyl (C=O) groups is 1. The van der Waals surface area contributed by atoms with Crippen LogP contribution in [0.4, 0.5) is 0 Å². The number of aromatic nitrogens is 1. The predicted molar refractivity (Wildman–Crippen MR) is 73.4 cm³/mol. The number of aliphatic hydroxyl groups excluding tert-OH is 1. The zero-order valence-corrected chi connectivity index (χ0v) is 11.5. The second kappa shape index (κ2) is 5.89. The summed E-state index contributed by atoms with van der Waals surface area (Å²) in [5.41, 5.74) is 2.38. The number of pyridine rings is 1. The Balaban J connectivity index is 1.50. The summed E-state index contributed by atoms with van der Waals surface area (Å²) >= 11 is 0. The molecule has 0 aromatic carbocycles. The van der Waals surface area contributed by atoms with Gasteiger partial charge in [-0.05, 0) is 50.9 Å². The molecule has 20 heavy (non-hydrogen) atoms. The van der Waals surface area contributed by atoms with Gasteiger partial charge >= 0.3 is 5.97 Å². The van der Waals surface area contributed by atoms with Gasteiger partial charge in [-0.15, -0.1) is 0 Å². The lowest BCUT2D eigenvalue weighted by Crippen LogP contribution is -2.38. The maximum Gasteiger partial charge on any atom is 0.340 e. The van der Waals surface area contributed by atoms with Crippen molar-refractivity contribution in [3.8, 4) is 0 Å². The highest BCUT2D eigenvalue weighted by Gasteiger charge is 2.22. The lowest BCUT2D eigenvalue weighted by atomic mass is 10.1. The number of ether oxygens (including phenoxy) is 1. The van der Waals surface area contributed by atoms with Crippen LogP contribution >= 0.6 is 0 Å². The maximum absolute atomic E-state index is 11.3. The molecule has 0 radical (unpaired) electrons. The highest BCUT2D eigenvalue weighted by molar-refractivity contribution is 5.92. The van der Waals surface area contributed by atoms with Crippen LogP contribution in [0.1, 0.15) is 41.0 Å². The molecular weight excluding hydrogens is 256 g/mol. The summed E-state index contributed by atoms with van der Waals surface area (Å²) in [4.78, 5) is 18.1. The molecule has 5 nitrogen and oxygen atoms in total. The normalized spacial score (nSPS) is 22.6. The first-order chi connectivity index (χ1) is 9.72. The Morgan fingerprint density at radius 1 is 1.45 bits per heavy atom. The fourth-order valence-electron chi connectivity index (χ4n) is 2.91. The third kappa shape index (κ3) is 2.99. The summed E-state index contributed by atoms with van der Waals surface area (Å²) in [6, 6.07) is 3.73. The van der Waals surface area contributed by atoms with E-state index in [9.17, 15) is 9.90 Å². The topological polar surface area (TPSA) is 62.7 Å². The molecule has 0 saturated carbocycles. The van der Waals surface area contributed by atoms with E-state index in [0.717, 1.165) is 56.7 Å². The molecule has 1 unspecified atom stereocenters. The van der Waals surface area contributed by atoms with Crippen molar-refractivity contribution in [2.24, 2.45) is 0 Å². The summed E-state index contributed by atoms with van der Waals surface area (Å²) < 4.78 is 4.95. The molecule has 5 heteroatoms. The predicted octanol–water partition coefficient (Wildman–Crippen LogP) is 1.14. The number of likely N-dealkylation sites (tertiary alicyclic amines) is 1. The van der Waals surface area contributed by atoms with E-state index in [1.165, 1.54) is 0 Å². The molecule has 2 aliphatic heterocycles. The summed E-state index contributed by atoms with van der Waals surface area (Å²) in [5, 5.41) is 9.63. The Bertz CT molecular complexity index is 504. The smallest absolute Gasteiger partial charge is 0.340 e. The zero-order chi connectivity index (χ0) is 13.9. The first-order valence-corrected chi connectivity index (χ1v) is 7.29.